The summed E-state index contributed by atoms with van der Waals surface area (Å²) in [6.07, 6.45) is 4.53. The Hall–Kier alpha value is -1.23. The van der Waals surface area contributed by atoms with Gasteiger partial charge in [-0.3, -0.25) is 0 Å². The second kappa shape index (κ2) is 5.40. The fourth-order valence-electron chi connectivity index (χ4n) is 2.26. The topological polar surface area (TPSA) is 58.0 Å². The first kappa shape index (κ1) is 12.2. The van der Waals surface area contributed by atoms with Crippen molar-refractivity contribution in [3.8, 4) is 0 Å². The maximum atomic E-state index is 13.8. The van der Waals surface area contributed by atoms with Gasteiger partial charge in [-0.1, -0.05) is 13.3 Å². The van der Waals surface area contributed by atoms with Gasteiger partial charge >= 0.3 is 0 Å². The number of anilines is 1. The Balaban J connectivity index is 1.99. The lowest BCUT2D eigenvalue weighted by Crippen LogP contribution is -2.23. The third-order valence-corrected chi connectivity index (χ3v) is 3.35. The van der Waals surface area contributed by atoms with E-state index in [1.54, 1.807) is 0 Å². The van der Waals surface area contributed by atoms with Crippen LogP contribution >= 0.6 is 0 Å². The summed E-state index contributed by atoms with van der Waals surface area (Å²) in [5.41, 5.74) is 0.425. The van der Waals surface area contributed by atoms with Gasteiger partial charge in [-0.25, -0.2) is 14.4 Å². The fraction of sp³-hybridized carbons (Fsp3) is 0.667. The predicted octanol–water partition coefficient (Wildman–Crippen LogP) is 1.75. The molecule has 0 saturated heterocycles. The van der Waals surface area contributed by atoms with Gasteiger partial charge in [0.2, 0.25) is 0 Å². The Morgan fingerprint density at radius 1 is 1.47 bits per heavy atom. The van der Waals surface area contributed by atoms with Crippen molar-refractivity contribution in [2.45, 2.75) is 38.7 Å². The molecule has 5 heteroatoms. The number of rotatable bonds is 4. The Morgan fingerprint density at radius 3 is 2.94 bits per heavy atom. The van der Waals surface area contributed by atoms with Crippen LogP contribution in [0.25, 0.3) is 0 Å². The number of aromatic nitrogens is 2. The van der Waals surface area contributed by atoms with Gasteiger partial charge in [-0.2, -0.15) is 0 Å². The molecule has 1 aliphatic rings. The highest BCUT2D eigenvalue weighted by molar-refractivity contribution is 5.37. The summed E-state index contributed by atoms with van der Waals surface area (Å²) in [5, 5.41) is 12.6. The number of aliphatic hydroxyl groups excluding tert-OH is 1. The van der Waals surface area contributed by atoms with Crippen molar-refractivity contribution in [2.75, 3.05) is 11.9 Å². The first-order valence-electron chi connectivity index (χ1n) is 6.13. The van der Waals surface area contributed by atoms with Gasteiger partial charge in [0.1, 0.15) is 6.33 Å². The summed E-state index contributed by atoms with van der Waals surface area (Å²) in [4.78, 5) is 7.77. The lowest BCUT2D eigenvalue weighted by Gasteiger charge is -2.16. The normalized spacial score (nSPS) is 23.9. The number of aryl methyl sites for hydroxylation is 1. The third kappa shape index (κ3) is 2.72. The van der Waals surface area contributed by atoms with Crippen LogP contribution in [0, 0.1) is 11.7 Å². The predicted molar refractivity (Wildman–Crippen MR) is 63.2 cm³/mol. The lowest BCUT2D eigenvalue weighted by molar-refractivity contribution is 0.138. The Labute approximate surface area is 100 Å². The molecule has 17 heavy (non-hydrogen) atoms. The highest BCUT2D eigenvalue weighted by atomic mass is 19.1. The standard InChI is InChI=1S/C12H18FN3O/c1-2-9-11(13)12(16-7-15-9)14-6-8-4-3-5-10(8)17/h7-8,10,17H,2-6H2,1H3,(H,14,15,16). The fourth-order valence-corrected chi connectivity index (χ4v) is 2.26. The quantitative estimate of drug-likeness (QED) is 0.840. The van der Waals surface area contributed by atoms with Gasteiger partial charge in [-0.05, 0) is 19.3 Å². The smallest absolute Gasteiger partial charge is 0.186 e. The number of hydrogen-bond donors (Lipinski definition) is 2. The molecule has 1 fully saturated rings. The van der Waals surface area contributed by atoms with Crippen LogP contribution in [0.15, 0.2) is 6.33 Å². The van der Waals surface area contributed by atoms with Crippen LogP contribution in [0.2, 0.25) is 0 Å². The number of nitrogens with one attached hydrogen (secondary N) is 1. The van der Waals surface area contributed by atoms with E-state index in [-0.39, 0.29) is 23.7 Å². The average Bonchev–Trinajstić information content (AvgIpc) is 2.74. The van der Waals surface area contributed by atoms with E-state index >= 15 is 0 Å². The van der Waals surface area contributed by atoms with E-state index in [4.69, 9.17) is 0 Å². The molecule has 2 unspecified atom stereocenters. The first-order chi connectivity index (χ1) is 8.22. The molecule has 1 saturated carbocycles. The molecule has 1 aliphatic carbocycles. The molecule has 94 valence electrons. The minimum atomic E-state index is -0.373. The molecule has 0 spiro atoms. The van der Waals surface area contributed by atoms with Crippen molar-refractivity contribution in [3.63, 3.8) is 0 Å². The molecular formula is C12H18FN3O. The molecule has 0 aliphatic heterocycles. The molecule has 2 atom stereocenters. The van der Waals surface area contributed by atoms with E-state index in [1.807, 2.05) is 6.92 Å². The van der Waals surface area contributed by atoms with E-state index in [2.05, 4.69) is 15.3 Å². The third-order valence-electron chi connectivity index (χ3n) is 3.35. The van der Waals surface area contributed by atoms with Gasteiger partial charge in [-0.15, -0.1) is 0 Å². The van der Waals surface area contributed by atoms with Gasteiger partial charge < -0.3 is 10.4 Å². The maximum absolute atomic E-state index is 13.8. The largest absolute Gasteiger partial charge is 0.393 e. The molecule has 0 bridgehead atoms. The summed E-state index contributed by atoms with van der Waals surface area (Å²) in [6, 6.07) is 0. The Morgan fingerprint density at radius 2 is 2.29 bits per heavy atom. The van der Waals surface area contributed by atoms with Crippen molar-refractivity contribution >= 4 is 5.82 Å². The SMILES string of the molecule is CCc1ncnc(NCC2CCCC2O)c1F. The molecule has 0 aromatic carbocycles. The minimum Gasteiger partial charge on any atom is -0.393 e. The zero-order valence-corrected chi connectivity index (χ0v) is 9.99. The molecule has 0 radical (unpaired) electrons. The monoisotopic (exact) mass is 239 g/mol. The summed E-state index contributed by atoms with van der Waals surface area (Å²) in [5.74, 6) is 0.0767. The minimum absolute atomic E-state index is 0.203. The van der Waals surface area contributed by atoms with Crippen molar-refractivity contribution in [1.82, 2.24) is 9.97 Å². The van der Waals surface area contributed by atoms with Gasteiger partial charge in [0, 0.05) is 12.5 Å². The van der Waals surface area contributed by atoms with Crippen molar-refractivity contribution in [2.24, 2.45) is 5.92 Å². The van der Waals surface area contributed by atoms with Crippen LogP contribution in [0.5, 0.6) is 0 Å². The second-order valence-corrected chi connectivity index (χ2v) is 4.48. The Bertz CT molecular complexity index is 386. The van der Waals surface area contributed by atoms with Gasteiger partial charge in [0.05, 0.1) is 11.8 Å². The second-order valence-electron chi connectivity index (χ2n) is 4.48. The lowest BCUT2D eigenvalue weighted by atomic mass is 10.1. The van der Waals surface area contributed by atoms with Crippen molar-refractivity contribution in [3.05, 3.63) is 17.8 Å². The van der Waals surface area contributed by atoms with E-state index in [1.165, 1.54) is 6.33 Å². The highest BCUT2D eigenvalue weighted by Crippen LogP contribution is 2.26. The molecule has 1 aromatic heterocycles. The summed E-state index contributed by atoms with van der Waals surface area (Å²) in [7, 11) is 0. The van der Waals surface area contributed by atoms with Gasteiger partial charge in [0.25, 0.3) is 0 Å². The van der Waals surface area contributed by atoms with Crippen LogP contribution < -0.4 is 5.32 Å². The van der Waals surface area contributed by atoms with Crippen LogP contribution in [0.4, 0.5) is 10.2 Å². The molecule has 1 heterocycles. The van der Waals surface area contributed by atoms with E-state index < -0.39 is 0 Å². The number of hydrogen-bond acceptors (Lipinski definition) is 4. The summed E-state index contributed by atoms with van der Waals surface area (Å²) >= 11 is 0. The maximum Gasteiger partial charge on any atom is 0.186 e. The Kier molecular flexibility index (Phi) is 3.89. The van der Waals surface area contributed by atoms with Gasteiger partial charge in [0.15, 0.2) is 11.6 Å². The molecule has 2 N–H and O–H groups in total. The first-order valence-corrected chi connectivity index (χ1v) is 6.13. The molecular weight excluding hydrogens is 221 g/mol. The molecule has 4 nitrogen and oxygen atoms in total. The van der Waals surface area contributed by atoms with E-state index in [9.17, 15) is 9.50 Å². The van der Waals surface area contributed by atoms with E-state index in [0.29, 0.717) is 18.7 Å². The molecule has 1 aromatic rings. The zero-order chi connectivity index (χ0) is 12.3. The van der Waals surface area contributed by atoms with Crippen LogP contribution in [-0.4, -0.2) is 27.7 Å². The number of aliphatic hydroxyl groups is 1. The highest BCUT2D eigenvalue weighted by Gasteiger charge is 2.25. The summed E-state index contributed by atoms with van der Waals surface area (Å²) in [6.45, 7) is 2.42. The molecule has 2 rings (SSSR count). The van der Waals surface area contributed by atoms with Crippen LogP contribution in [-0.2, 0) is 6.42 Å². The van der Waals surface area contributed by atoms with E-state index in [0.717, 1.165) is 19.3 Å². The number of halogens is 1. The van der Waals surface area contributed by atoms with Crippen molar-refractivity contribution in [1.29, 1.82) is 0 Å². The number of nitrogens with zero attached hydrogens (tertiary/aromatic N) is 2. The summed E-state index contributed by atoms with van der Waals surface area (Å²) < 4.78 is 13.8. The van der Waals surface area contributed by atoms with Crippen molar-refractivity contribution < 1.29 is 9.50 Å². The molecule has 0 amide bonds. The van der Waals surface area contributed by atoms with Crippen LogP contribution in [0.1, 0.15) is 31.9 Å². The van der Waals surface area contributed by atoms with Crippen LogP contribution in [0.3, 0.4) is 0 Å². The zero-order valence-electron chi connectivity index (χ0n) is 9.99. The average molecular weight is 239 g/mol.